The largest absolute Gasteiger partial charge is 0.508 e. The second kappa shape index (κ2) is 18.8. The first-order valence-electron chi connectivity index (χ1n) is 24.6. The summed E-state index contributed by atoms with van der Waals surface area (Å²) in [4.78, 5) is 0. The van der Waals surface area contributed by atoms with Gasteiger partial charge in [0.2, 0.25) is 0 Å². The lowest BCUT2D eigenvalue weighted by molar-refractivity contribution is -0.190. The molecule has 0 saturated heterocycles. The van der Waals surface area contributed by atoms with Crippen molar-refractivity contribution in [2.24, 2.45) is 23.7 Å². The fourth-order valence-corrected chi connectivity index (χ4v) is 12.5. The molecule has 12 heteroatoms. The van der Waals surface area contributed by atoms with Crippen LogP contribution in [0, 0.1) is 35.5 Å². The Hall–Kier alpha value is -5.94. The summed E-state index contributed by atoms with van der Waals surface area (Å²) in [5.74, 6) is 7.84. The Morgan fingerprint density at radius 1 is 0.826 bits per heavy atom. The Morgan fingerprint density at radius 3 is 2.46 bits per heavy atom. The van der Waals surface area contributed by atoms with E-state index in [0.29, 0.717) is 72.7 Å². The molecule has 6 N–H and O–H groups in total. The van der Waals surface area contributed by atoms with E-state index < -0.39 is 47.9 Å². The minimum Gasteiger partial charge on any atom is -0.508 e. The molecule has 5 aromatic carbocycles. The lowest BCUT2D eigenvalue weighted by Gasteiger charge is -2.57. The number of ether oxygens (including phenoxy) is 6. The highest BCUT2D eigenvalue weighted by molar-refractivity contribution is 5.96. The Balaban J connectivity index is 1.06. The van der Waals surface area contributed by atoms with E-state index >= 15 is 0 Å². The van der Waals surface area contributed by atoms with Gasteiger partial charge in [-0.2, -0.15) is 0 Å². The number of phenolic OH excluding ortho intramolecular Hbond substituents is 3. The van der Waals surface area contributed by atoms with Crippen LogP contribution < -0.4 is 24.3 Å². The number of aliphatic hydroxyl groups is 2. The Bertz CT molecular complexity index is 2830. The van der Waals surface area contributed by atoms with Crippen LogP contribution in [0.1, 0.15) is 85.8 Å². The monoisotopic (exact) mass is 935 g/mol. The summed E-state index contributed by atoms with van der Waals surface area (Å²) in [5, 5.41) is 62.1. The summed E-state index contributed by atoms with van der Waals surface area (Å²) in [7, 11) is 3.63. The molecule has 3 aliphatic heterocycles. The Kier molecular flexibility index (Phi) is 12.4. The van der Waals surface area contributed by atoms with Gasteiger partial charge in [-0.3, -0.25) is 0 Å². The van der Waals surface area contributed by atoms with Gasteiger partial charge in [-0.1, -0.05) is 42.2 Å². The first-order chi connectivity index (χ1) is 33.6. The first kappa shape index (κ1) is 45.5. The fraction of sp³-hybridized carbons (Fsp3) is 0.439. The summed E-state index contributed by atoms with van der Waals surface area (Å²) >= 11 is 0. The third-order valence-corrected chi connectivity index (χ3v) is 15.9. The van der Waals surface area contributed by atoms with Crippen molar-refractivity contribution in [2.45, 2.75) is 100.0 Å². The SMILES string of the molecule is CNC12CC#CCOc3cc4c(c5ccc(O)cc35)OC(CCCOC)C(C3COc5c(Cc6cc(O)ccc6-c6cccc(O)c6)cc(OC6CCCC6)cc5C3O)C4OC1C1C=CC2CC1O. The molecule has 4 aliphatic carbocycles. The van der Waals surface area contributed by atoms with E-state index in [1.54, 1.807) is 49.6 Å². The number of phenols is 3. The summed E-state index contributed by atoms with van der Waals surface area (Å²) in [6, 6.07) is 23.4. The highest BCUT2D eigenvalue weighted by Crippen LogP contribution is 2.57. The molecule has 4 bridgehead atoms. The van der Waals surface area contributed by atoms with Gasteiger partial charge in [-0.05, 0) is 129 Å². The Labute approximate surface area is 402 Å². The molecule has 7 aliphatic rings. The van der Waals surface area contributed by atoms with Crippen LogP contribution in [0.4, 0.5) is 0 Å². The Morgan fingerprint density at radius 2 is 1.65 bits per heavy atom. The molecule has 0 spiro atoms. The molecular weight excluding hydrogens is 875 g/mol. The number of hydrogen-bond donors (Lipinski definition) is 6. The van der Waals surface area contributed by atoms with Crippen LogP contribution in [0.25, 0.3) is 21.9 Å². The van der Waals surface area contributed by atoms with E-state index in [2.05, 4.69) is 29.3 Å². The van der Waals surface area contributed by atoms with E-state index in [9.17, 15) is 25.5 Å². The van der Waals surface area contributed by atoms with E-state index in [-0.39, 0.29) is 48.4 Å². The van der Waals surface area contributed by atoms with Crippen LogP contribution in [0.2, 0.25) is 0 Å². The van der Waals surface area contributed by atoms with Crippen molar-refractivity contribution in [3.05, 3.63) is 113 Å². The molecule has 10 atom stereocenters. The highest BCUT2D eigenvalue weighted by atomic mass is 16.5. The van der Waals surface area contributed by atoms with Crippen LogP contribution in [0.5, 0.6) is 40.2 Å². The van der Waals surface area contributed by atoms with Crippen LogP contribution in [-0.4, -0.2) is 89.5 Å². The topological polar surface area (TPSA) is 169 Å². The van der Waals surface area contributed by atoms with Gasteiger partial charge in [-0.25, -0.2) is 0 Å². The maximum atomic E-state index is 13.2. The van der Waals surface area contributed by atoms with Crippen molar-refractivity contribution >= 4 is 10.8 Å². The molecule has 2 fully saturated rings. The van der Waals surface area contributed by atoms with E-state index in [4.69, 9.17) is 28.4 Å². The number of nitrogens with one attached hydrogen (secondary N) is 1. The van der Waals surface area contributed by atoms with Gasteiger partial charge in [0, 0.05) is 77.7 Å². The molecule has 0 radical (unpaired) electrons. The van der Waals surface area contributed by atoms with Crippen LogP contribution in [-0.2, 0) is 15.9 Å². The first-order valence-corrected chi connectivity index (χ1v) is 24.6. The van der Waals surface area contributed by atoms with Gasteiger partial charge in [0.1, 0.15) is 53.0 Å². The number of likely N-dealkylation sites (N-methyl/N-ethyl adjacent to an activating group) is 1. The predicted octanol–water partition coefficient (Wildman–Crippen LogP) is 8.82. The molecule has 0 aromatic heterocycles. The standard InChI is InChI=1S/C57H61NO11/c1-58-57-20-5-6-22-65-50-30-46-54(42-19-16-38(61)28-44(42)50)68-49(13-8-21-64-2)51(55(46)69-56(57)43-17-14-35(57)27-48(43)62)47-31-66-53-34(26-40(29-45(53)52(47)63)67-39-11-3-4-12-39)23-33-25-37(60)15-18-41(33)32-9-7-10-36(59)24-32/h7,9-10,14-19,24-26,28-30,35,39,43,47-49,51-52,55-56,58-63H,3-4,8,11-13,20-23,27,31H2,1-2H3. The third-order valence-electron chi connectivity index (χ3n) is 15.9. The summed E-state index contributed by atoms with van der Waals surface area (Å²) in [5.41, 5.74) is 3.94. The lowest BCUT2D eigenvalue weighted by Crippen LogP contribution is -2.68. The van der Waals surface area contributed by atoms with Gasteiger partial charge >= 0.3 is 0 Å². The number of fused-ring (bicyclic) bond motifs is 6. The molecule has 360 valence electrons. The minimum absolute atomic E-state index is 0.0375. The average molecular weight is 936 g/mol. The van der Waals surface area contributed by atoms with Crippen molar-refractivity contribution in [1.29, 1.82) is 0 Å². The predicted molar refractivity (Wildman–Crippen MR) is 260 cm³/mol. The van der Waals surface area contributed by atoms with E-state index in [0.717, 1.165) is 58.9 Å². The van der Waals surface area contributed by atoms with Gasteiger partial charge in [-0.15, -0.1) is 0 Å². The molecule has 12 rings (SSSR count). The number of methoxy groups -OCH3 is 1. The highest BCUT2D eigenvalue weighted by Gasteiger charge is 2.58. The minimum atomic E-state index is -1.07. The van der Waals surface area contributed by atoms with Crippen LogP contribution >= 0.6 is 0 Å². The average Bonchev–Trinajstić information content (AvgIpc) is 3.85. The molecule has 69 heavy (non-hydrogen) atoms. The van der Waals surface area contributed by atoms with Gasteiger partial charge < -0.3 is 59.3 Å². The summed E-state index contributed by atoms with van der Waals surface area (Å²) in [6.45, 7) is 0.738. The van der Waals surface area contributed by atoms with E-state index in [1.165, 1.54) is 0 Å². The number of rotatable bonds is 11. The second-order valence-electron chi connectivity index (χ2n) is 19.9. The number of aromatic hydroxyl groups is 3. The zero-order chi connectivity index (χ0) is 47.4. The van der Waals surface area contributed by atoms with Crippen molar-refractivity contribution in [3.8, 4) is 63.2 Å². The quantitative estimate of drug-likeness (QED) is 0.0424. The van der Waals surface area contributed by atoms with Crippen LogP contribution in [0.15, 0.2) is 91.0 Å². The van der Waals surface area contributed by atoms with Crippen molar-refractivity contribution in [3.63, 3.8) is 0 Å². The zero-order valence-electron chi connectivity index (χ0n) is 39.1. The molecule has 5 aromatic rings. The lowest BCUT2D eigenvalue weighted by atomic mass is 9.59. The van der Waals surface area contributed by atoms with E-state index in [1.807, 2.05) is 43.4 Å². The number of benzene rings is 5. The van der Waals surface area contributed by atoms with Gasteiger partial charge in [0.25, 0.3) is 0 Å². The van der Waals surface area contributed by atoms with Crippen LogP contribution in [0.3, 0.4) is 0 Å². The molecule has 10 unspecified atom stereocenters. The molecule has 0 amide bonds. The summed E-state index contributed by atoms with van der Waals surface area (Å²) < 4.78 is 40.8. The molecule has 12 nitrogen and oxygen atoms in total. The number of hydrogen-bond acceptors (Lipinski definition) is 12. The number of aliphatic hydroxyl groups excluding tert-OH is 2. The normalized spacial score (nSPS) is 29.0. The van der Waals surface area contributed by atoms with Crippen molar-refractivity contribution in [1.82, 2.24) is 5.32 Å². The van der Waals surface area contributed by atoms with Crippen molar-refractivity contribution in [2.75, 3.05) is 34.0 Å². The molecular formula is C57H61NO11. The fourth-order valence-electron chi connectivity index (χ4n) is 12.5. The summed E-state index contributed by atoms with van der Waals surface area (Å²) in [6.07, 6.45) is 7.55. The molecule has 3 heterocycles. The smallest absolute Gasteiger partial charge is 0.149 e. The van der Waals surface area contributed by atoms with Gasteiger partial charge in [0.15, 0.2) is 0 Å². The van der Waals surface area contributed by atoms with Crippen molar-refractivity contribution < 1.29 is 54.0 Å². The second-order valence-corrected chi connectivity index (χ2v) is 19.9. The third kappa shape index (κ3) is 8.32. The maximum absolute atomic E-state index is 13.2. The van der Waals surface area contributed by atoms with Gasteiger partial charge in [0.05, 0.1) is 42.7 Å². The zero-order valence-corrected chi connectivity index (χ0v) is 39.1. The molecule has 2 saturated carbocycles. The maximum Gasteiger partial charge on any atom is 0.149 e.